The van der Waals surface area contributed by atoms with E-state index in [-0.39, 0.29) is 23.5 Å². The van der Waals surface area contributed by atoms with Gasteiger partial charge in [-0.05, 0) is 75.3 Å². The van der Waals surface area contributed by atoms with E-state index in [0.717, 1.165) is 61.6 Å². The number of alkyl halides is 4. The lowest BCUT2D eigenvalue weighted by Gasteiger charge is -2.53. The van der Waals surface area contributed by atoms with Gasteiger partial charge in [0.25, 0.3) is 0 Å². The first kappa shape index (κ1) is 26.4. The molecule has 5 fully saturated rings. The number of piperidine rings is 1. The average Bonchev–Trinajstić information content (AvgIpc) is 3.24. The summed E-state index contributed by atoms with van der Waals surface area (Å²) in [5.74, 6) is 0.621. The van der Waals surface area contributed by atoms with Crippen molar-refractivity contribution in [2.45, 2.75) is 99.8 Å². The first-order valence-electron chi connectivity index (χ1n) is 13.3. The van der Waals surface area contributed by atoms with E-state index in [1.165, 1.54) is 7.05 Å². The third-order valence-electron chi connectivity index (χ3n) is 9.09. The molecule has 4 unspecified atom stereocenters. The Morgan fingerprint density at radius 1 is 1.09 bits per heavy atom. The minimum atomic E-state index is -4.40. The summed E-state index contributed by atoms with van der Waals surface area (Å²) in [7, 11) is 1.39. The maximum Gasteiger partial charge on any atom is 0.409 e. The summed E-state index contributed by atoms with van der Waals surface area (Å²) in [5, 5.41) is 5.93. The molecule has 0 aromatic heterocycles. The number of nitrogens with zero attached hydrogens (tertiary/aromatic N) is 3. The number of rotatable bonds is 4. The molecule has 4 saturated heterocycles. The quantitative estimate of drug-likeness (QED) is 0.422. The average molecular weight is 538 g/mol. The highest BCUT2D eigenvalue weighted by Crippen LogP contribution is 2.41. The highest BCUT2D eigenvalue weighted by molar-refractivity contribution is 7.99. The van der Waals surface area contributed by atoms with Crippen molar-refractivity contribution in [2.24, 2.45) is 11.8 Å². The fourth-order valence-electron chi connectivity index (χ4n) is 7.39. The van der Waals surface area contributed by atoms with E-state index in [1.807, 2.05) is 0 Å². The lowest BCUT2D eigenvalue weighted by molar-refractivity contribution is -0.203. The van der Waals surface area contributed by atoms with Crippen LogP contribution < -0.4 is 10.7 Å². The van der Waals surface area contributed by atoms with Crippen LogP contribution in [0.15, 0.2) is 0 Å². The van der Waals surface area contributed by atoms with Crippen molar-refractivity contribution in [3.05, 3.63) is 0 Å². The zero-order valence-electron chi connectivity index (χ0n) is 20.5. The number of likely N-dealkylation sites (tertiary alicyclic amines) is 1. The van der Waals surface area contributed by atoms with Crippen LogP contribution >= 0.6 is 23.4 Å². The molecule has 4 aliphatic heterocycles. The van der Waals surface area contributed by atoms with Gasteiger partial charge in [-0.15, -0.1) is 11.6 Å². The van der Waals surface area contributed by atoms with Crippen molar-refractivity contribution in [2.75, 3.05) is 31.6 Å². The molecule has 1 aliphatic carbocycles. The molecule has 0 radical (unpaired) electrons. The van der Waals surface area contributed by atoms with E-state index < -0.39 is 18.1 Å². The lowest BCUT2D eigenvalue weighted by atomic mass is 9.78. The predicted molar refractivity (Wildman–Crippen MR) is 133 cm³/mol. The van der Waals surface area contributed by atoms with E-state index in [2.05, 4.69) is 20.7 Å². The molecule has 2 N–H and O–H groups in total. The van der Waals surface area contributed by atoms with Gasteiger partial charge in [0.05, 0.1) is 11.7 Å². The number of hydrogen-bond acceptors (Lipinski definition) is 6. The standard InChI is InChI=1S/C24H39ClF3N5OS/c1-31(23(34)16-8-11-35-12-9-16)22(24(26,27)28)15-4-6-17(7-5-15)32-10-2-3-18-19(32)14-29-21-13-20(25)30-33(18)21/h15-22,29-30H,2-14H2,1H3/t15?,17?,18?,19?,20?,21?,22-/m0/s1. The van der Waals surface area contributed by atoms with Crippen molar-refractivity contribution in [3.8, 4) is 0 Å². The molecule has 11 heteroatoms. The summed E-state index contributed by atoms with van der Waals surface area (Å²) in [4.78, 5) is 16.6. The Morgan fingerprint density at radius 2 is 1.80 bits per heavy atom. The molecule has 1 saturated carbocycles. The van der Waals surface area contributed by atoms with E-state index >= 15 is 0 Å². The molecule has 1 amide bonds. The normalized spacial score (nSPS) is 38.5. The Kier molecular flexibility index (Phi) is 8.17. The molecule has 6 nitrogen and oxygen atoms in total. The van der Waals surface area contributed by atoms with Gasteiger partial charge in [-0.3, -0.25) is 15.0 Å². The number of hydrazine groups is 1. The van der Waals surface area contributed by atoms with Crippen LogP contribution in [0, 0.1) is 11.8 Å². The van der Waals surface area contributed by atoms with Crippen LogP contribution in [-0.4, -0.2) is 94.4 Å². The minimum absolute atomic E-state index is 0.0524. The van der Waals surface area contributed by atoms with Crippen LogP contribution in [0.2, 0.25) is 0 Å². The summed E-state index contributed by atoms with van der Waals surface area (Å²) in [6.45, 7) is 1.90. The number of fused-ring (bicyclic) bond motifs is 3. The van der Waals surface area contributed by atoms with Gasteiger partial charge in [0.2, 0.25) is 5.91 Å². The molecule has 0 spiro atoms. The molecule has 5 aliphatic rings. The number of carbonyl (C=O) groups is 1. The summed E-state index contributed by atoms with van der Waals surface area (Å²) < 4.78 is 42.8. The second kappa shape index (κ2) is 10.8. The molecule has 5 atom stereocenters. The molecule has 0 aromatic rings. The minimum Gasteiger partial charge on any atom is -0.333 e. The monoisotopic (exact) mass is 537 g/mol. The van der Waals surface area contributed by atoms with E-state index in [4.69, 9.17) is 11.6 Å². The van der Waals surface area contributed by atoms with Gasteiger partial charge in [0.1, 0.15) is 6.04 Å². The van der Waals surface area contributed by atoms with E-state index in [9.17, 15) is 18.0 Å². The van der Waals surface area contributed by atoms with Gasteiger partial charge in [-0.2, -0.15) is 24.9 Å². The van der Waals surface area contributed by atoms with Crippen LogP contribution in [0.4, 0.5) is 13.2 Å². The number of thioether (sulfide) groups is 1. The molecule has 5 rings (SSSR count). The largest absolute Gasteiger partial charge is 0.409 e. The summed E-state index contributed by atoms with van der Waals surface area (Å²) >= 11 is 8.14. The van der Waals surface area contributed by atoms with E-state index in [0.29, 0.717) is 43.8 Å². The maximum atomic E-state index is 14.3. The van der Waals surface area contributed by atoms with Crippen molar-refractivity contribution in [1.82, 2.24) is 25.6 Å². The maximum absolute atomic E-state index is 14.3. The Hall–Kier alpha value is -0.260. The Balaban J connectivity index is 1.22. The lowest BCUT2D eigenvalue weighted by Crippen LogP contribution is -2.70. The number of carbonyl (C=O) groups excluding carboxylic acids is 1. The highest BCUT2D eigenvalue weighted by atomic mass is 35.5. The topological polar surface area (TPSA) is 50.9 Å². The SMILES string of the molecule is CN(C(=O)C1CCSCC1)[C@@H](C1CCC(N2CCCC3C2CNC2CC(Cl)NN23)CC1)C(F)(F)F. The fraction of sp³-hybridized carbons (Fsp3) is 0.958. The Bertz CT molecular complexity index is 749. The van der Waals surface area contributed by atoms with Crippen molar-refractivity contribution in [3.63, 3.8) is 0 Å². The molecule has 0 aromatic carbocycles. The van der Waals surface area contributed by atoms with Crippen molar-refractivity contribution in [1.29, 1.82) is 0 Å². The summed E-state index contributed by atoms with van der Waals surface area (Å²) in [6, 6.07) is -0.636. The summed E-state index contributed by atoms with van der Waals surface area (Å²) in [6.07, 6.45) is 2.89. The van der Waals surface area contributed by atoms with Crippen LogP contribution in [0.3, 0.4) is 0 Å². The van der Waals surface area contributed by atoms with Crippen LogP contribution in [0.25, 0.3) is 0 Å². The fourth-order valence-corrected chi connectivity index (χ4v) is 8.78. The number of nitrogens with one attached hydrogen (secondary N) is 2. The molecule has 200 valence electrons. The predicted octanol–water partition coefficient (Wildman–Crippen LogP) is 3.62. The molecule has 4 heterocycles. The molecular formula is C24H39ClF3N5OS. The van der Waals surface area contributed by atoms with Gasteiger partial charge in [-0.25, -0.2) is 10.4 Å². The number of hydrogen-bond donors (Lipinski definition) is 2. The van der Waals surface area contributed by atoms with Gasteiger partial charge in [-0.1, -0.05) is 0 Å². The Morgan fingerprint density at radius 3 is 2.49 bits per heavy atom. The van der Waals surface area contributed by atoms with Crippen LogP contribution in [-0.2, 0) is 4.79 Å². The first-order valence-corrected chi connectivity index (χ1v) is 14.9. The van der Waals surface area contributed by atoms with Gasteiger partial charge in [0.15, 0.2) is 0 Å². The van der Waals surface area contributed by atoms with Gasteiger partial charge < -0.3 is 4.90 Å². The first-order chi connectivity index (χ1) is 16.7. The molecular weight excluding hydrogens is 499 g/mol. The Labute approximate surface area is 216 Å². The third kappa shape index (κ3) is 5.48. The smallest absolute Gasteiger partial charge is 0.333 e. The summed E-state index contributed by atoms with van der Waals surface area (Å²) in [5.41, 5.74) is 3.36. The van der Waals surface area contributed by atoms with Gasteiger partial charge >= 0.3 is 6.18 Å². The highest BCUT2D eigenvalue weighted by Gasteiger charge is 2.52. The second-order valence-electron chi connectivity index (χ2n) is 11.1. The van der Waals surface area contributed by atoms with E-state index in [1.54, 1.807) is 11.8 Å². The number of halogens is 4. The second-order valence-corrected chi connectivity index (χ2v) is 12.8. The zero-order chi connectivity index (χ0) is 24.7. The van der Waals surface area contributed by atoms with Crippen molar-refractivity contribution >= 4 is 29.3 Å². The number of amides is 1. The molecule has 0 bridgehead atoms. The molecule has 35 heavy (non-hydrogen) atoms. The zero-order valence-corrected chi connectivity index (χ0v) is 22.1. The van der Waals surface area contributed by atoms with Crippen LogP contribution in [0.1, 0.15) is 57.8 Å². The van der Waals surface area contributed by atoms with Crippen molar-refractivity contribution < 1.29 is 18.0 Å². The van der Waals surface area contributed by atoms with Crippen LogP contribution in [0.5, 0.6) is 0 Å². The third-order valence-corrected chi connectivity index (χ3v) is 10.4. The van der Waals surface area contributed by atoms with Gasteiger partial charge in [0, 0.05) is 44.1 Å².